The van der Waals surface area contributed by atoms with Crippen LogP contribution in [0.1, 0.15) is 20.9 Å². The molecule has 0 atom stereocenters. The van der Waals surface area contributed by atoms with E-state index in [2.05, 4.69) is 10.3 Å². The van der Waals surface area contributed by atoms with Crippen LogP contribution in [-0.4, -0.2) is 20.4 Å². The van der Waals surface area contributed by atoms with Crippen molar-refractivity contribution < 1.29 is 9.90 Å². The SMILES string of the molecule is Cc1ccc(O)c(NC(=O)c2sc3nc(-c4ccccc4)cn3c2C)c1. The van der Waals surface area contributed by atoms with Crippen molar-refractivity contribution in [3.05, 3.63) is 70.9 Å². The monoisotopic (exact) mass is 363 g/mol. The van der Waals surface area contributed by atoms with Crippen LogP contribution in [0.15, 0.2) is 54.7 Å². The zero-order chi connectivity index (χ0) is 18.3. The van der Waals surface area contributed by atoms with Gasteiger partial charge in [0.2, 0.25) is 0 Å². The third kappa shape index (κ3) is 2.84. The number of anilines is 1. The Morgan fingerprint density at radius 2 is 1.92 bits per heavy atom. The minimum Gasteiger partial charge on any atom is -0.506 e. The molecular weight excluding hydrogens is 346 g/mol. The number of hydrogen-bond donors (Lipinski definition) is 2. The van der Waals surface area contributed by atoms with Crippen molar-refractivity contribution in [2.75, 3.05) is 5.32 Å². The molecule has 0 aliphatic rings. The first-order chi connectivity index (χ1) is 12.5. The Bertz CT molecular complexity index is 1110. The largest absolute Gasteiger partial charge is 0.506 e. The van der Waals surface area contributed by atoms with Gasteiger partial charge in [0.1, 0.15) is 10.6 Å². The molecule has 0 saturated heterocycles. The predicted molar refractivity (Wildman–Crippen MR) is 104 cm³/mol. The van der Waals surface area contributed by atoms with E-state index in [-0.39, 0.29) is 11.7 Å². The number of imidazole rings is 1. The molecule has 6 heteroatoms. The maximum atomic E-state index is 12.7. The smallest absolute Gasteiger partial charge is 0.267 e. The van der Waals surface area contributed by atoms with Gasteiger partial charge < -0.3 is 10.4 Å². The molecule has 0 fully saturated rings. The number of rotatable bonds is 3. The molecule has 130 valence electrons. The molecule has 2 aromatic heterocycles. The number of aromatic hydroxyl groups is 1. The molecule has 4 rings (SSSR count). The second-order valence-electron chi connectivity index (χ2n) is 6.14. The molecule has 26 heavy (non-hydrogen) atoms. The van der Waals surface area contributed by atoms with Gasteiger partial charge in [-0.25, -0.2) is 4.98 Å². The van der Waals surface area contributed by atoms with E-state index in [1.807, 2.05) is 54.8 Å². The Morgan fingerprint density at radius 1 is 1.15 bits per heavy atom. The Morgan fingerprint density at radius 3 is 2.65 bits per heavy atom. The number of phenols is 1. The summed E-state index contributed by atoms with van der Waals surface area (Å²) in [7, 11) is 0. The number of phenolic OH excluding ortho intramolecular Hbond substituents is 1. The second kappa shape index (κ2) is 6.31. The standard InChI is InChI=1S/C20H17N3O2S/c1-12-8-9-17(24)15(10-12)21-19(25)18-13(2)23-11-16(22-20(23)26-18)14-6-4-3-5-7-14/h3-11,24H,1-2H3,(H,21,25). The van der Waals surface area contributed by atoms with Crippen LogP contribution in [0, 0.1) is 13.8 Å². The number of amides is 1. The summed E-state index contributed by atoms with van der Waals surface area (Å²) in [5.41, 5.74) is 4.11. The molecule has 4 aromatic rings. The molecule has 2 heterocycles. The third-order valence-electron chi connectivity index (χ3n) is 4.23. The molecular formula is C20H17N3O2S. The molecule has 0 aliphatic heterocycles. The van der Waals surface area contributed by atoms with Crippen LogP contribution in [0.25, 0.3) is 16.2 Å². The highest BCUT2D eigenvalue weighted by Crippen LogP contribution is 2.29. The first kappa shape index (κ1) is 16.4. The van der Waals surface area contributed by atoms with Crippen LogP contribution in [-0.2, 0) is 0 Å². The average Bonchev–Trinajstić information content (AvgIpc) is 3.19. The van der Waals surface area contributed by atoms with Gasteiger partial charge in [0, 0.05) is 17.5 Å². The quantitative estimate of drug-likeness (QED) is 0.521. The molecule has 0 bridgehead atoms. The number of hydrogen-bond acceptors (Lipinski definition) is 4. The van der Waals surface area contributed by atoms with Gasteiger partial charge >= 0.3 is 0 Å². The van der Waals surface area contributed by atoms with Crippen LogP contribution in [0.2, 0.25) is 0 Å². The first-order valence-corrected chi connectivity index (χ1v) is 8.99. The fourth-order valence-electron chi connectivity index (χ4n) is 2.84. The molecule has 2 N–H and O–H groups in total. The summed E-state index contributed by atoms with van der Waals surface area (Å²) in [5, 5.41) is 12.7. The van der Waals surface area contributed by atoms with E-state index in [1.165, 1.54) is 11.3 Å². The highest BCUT2D eigenvalue weighted by Gasteiger charge is 2.19. The lowest BCUT2D eigenvalue weighted by Crippen LogP contribution is -2.12. The average molecular weight is 363 g/mol. The van der Waals surface area contributed by atoms with E-state index in [9.17, 15) is 9.90 Å². The summed E-state index contributed by atoms with van der Waals surface area (Å²) >= 11 is 1.33. The summed E-state index contributed by atoms with van der Waals surface area (Å²) < 4.78 is 1.93. The van der Waals surface area contributed by atoms with E-state index < -0.39 is 0 Å². The Hall–Kier alpha value is -3.12. The lowest BCUT2D eigenvalue weighted by molar-refractivity contribution is 0.102. The lowest BCUT2D eigenvalue weighted by Gasteiger charge is -2.07. The maximum absolute atomic E-state index is 12.7. The van der Waals surface area contributed by atoms with Gasteiger partial charge in [-0.3, -0.25) is 9.20 Å². The first-order valence-electron chi connectivity index (χ1n) is 8.18. The minimum atomic E-state index is -0.250. The van der Waals surface area contributed by atoms with Gasteiger partial charge in [-0.1, -0.05) is 47.7 Å². The Balaban J connectivity index is 1.67. The van der Waals surface area contributed by atoms with Crippen molar-refractivity contribution in [1.82, 2.24) is 9.38 Å². The molecule has 0 spiro atoms. The van der Waals surface area contributed by atoms with Crippen LogP contribution in [0.3, 0.4) is 0 Å². The summed E-state index contributed by atoms with van der Waals surface area (Å²) in [6.45, 7) is 3.80. The molecule has 2 aromatic carbocycles. The number of carbonyl (C=O) groups is 1. The van der Waals surface area contributed by atoms with Gasteiger partial charge in [0.05, 0.1) is 11.4 Å². The molecule has 0 radical (unpaired) electrons. The molecule has 0 aliphatic carbocycles. The third-order valence-corrected chi connectivity index (χ3v) is 5.39. The number of aromatic nitrogens is 2. The van der Waals surface area contributed by atoms with Crippen LogP contribution < -0.4 is 5.32 Å². The summed E-state index contributed by atoms with van der Waals surface area (Å²) in [5.74, 6) is -0.200. The van der Waals surface area contributed by atoms with E-state index in [0.29, 0.717) is 10.6 Å². The molecule has 0 saturated carbocycles. The van der Waals surface area contributed by atoms with Gasteiger partial charge in [0.25, 0.3) is 5.91 Å². The van der Waals surface area contributed by atoms with Crippen molar-refractivity contribution in [2.24, 2.45) is 0 Å². The number of aryl methyl sites for hydroxylation is 2. The minimum absolute atomic E-state index is 0.0503. The van der Waals surface area contributed by atoms with E-state index in [1.54, 1.807) is 18.2 Å². The van der Waals surface area contributed by atoms with Crippen molar-refractivity contribution >= 4 is 27.9 Å². The Labute approximate surface area is 154 Å². The number of benzene rings is 2. The van der Waals surface area contributed by atoms with Gasteiger partial charge in [-0.05, 0) is 31.5 Å². The van der Waals surface area contributed by atoms with Gasteiger partial charge in [-0.2, -0.15) is 0 Å². The number of nitrogens with one attached hydrogen (secondary N) is 1. The fraction of sp³-hybridized carbons (Fsp3) is 0.100. The van der Waals surface area contributed by atoms with Crippen molar-refractivity contribution in [1.29, 1.82) is 0 Å². The number of fused-ring (bicyclic) bond motifs is 1. The van der Waals surface area contributed by atoms with Gasteiger partial charge in [-0.15, -0.1) is 0 Å². The number of nitrogens with zero attached hydrogens (tertiary/aromatic N) is 2. The van der Waals surface area contributed by atoms with Crippen LogP contribution >= 0.6 is 11.3 Å². The van der Waals surface area contributed by atoms with E-state index in [4.69, 9.17) is 0 Å². The molecule has 1 amide bonds. The highest BCUT2D eigenvalue weighted by atomic mass is 32.1. The van der Waals surface area contributed by atoms with Crippen molar-refractivity contribution in [3.8, 4) is 17.0 Å². The number of carbonyl (C=O) groups excluding carboxylic acids is 1. The zero-order valence-corrected chi connectivity index (χ0v) is 15.2. The number of thiazole rings is 1. The Kier molecular flexibility index (Phi) is 3.97. The lowest BCUT2D eigenvalue weighted by atomic mass is 10.2. The van der Waals surface area contributed by atoms with Crippen LogP contribution in [0.5, 0.6) is 5.75 Å². The predicted octanol–water partition coefficient (Wildman–Crippen LogP) is 4.64. The van der Waals surface area contributed by atoms with E-state index in [0.717, 1.165) is 27.5 Å². The maximum Gasteiger partial charge on any atom is 0.267 e. The van der Waals surface area contributed by atoms with Crippen molar-refractivity contribution in [3.63, 3.8) is 0 Å². The summed E-state index contributed by atoms with van der Waals surface area (Å²) in [4.78, 5) is 18.6. The molecule has 0 unspecified atom stereocenters. The summed E-state index contributed by atoms with van der Waals surface area (Å²) in [6, 6.07) is 15.0. The summed E-state index contributed by atoms with van der Waals surface area (Å²) in [6.07, 6.45) is 1.94. The van der Waals surface area contributed by atoms with Gasteiger partial charge in [0.15, 0.2) is 4.96 Å². The van der Waals surface area contributed by atoms with E-state index >= 15 is 0 Å². The topological polar surface area (TPSA) is 66.6 Å². The fourth-order valence-corrected chi connectivity index (χ4v) is 3.84. The zero-order valence-electron chi connectivity index (χ0n) is 14.4. The normalized spacial score (nSPS) is 11.0. The highest BCUT2D eigenvalue weighted by molar-refractivity contribution is 7.19. The molecule has 5 nitrogen and oxygen atoms in total. The van der Waals surface area contributed by atoms with Crippen LogP contribution in [0.4, 0.5) is 5.69 Å². The van der Waals surface area contributed by atoms with Crippen molar-refractivity contribution in [2.45, 2.75) is 13.8 Å². The second-order valence-corrected chi connectivity index (χ2v) is 7.11.